The molecule has 0 bridgehead atoms. The third-order valence-corrected chi connectivity index (χ3v) is 4.29. The van der Waals surface area contributed by atoms with Crippen LogP contribution in [-0.2, 0) is 6.54 Å². The van der Waals surface area contributed by atoms with Crippen molar-refractivity contribution >= 4 is 11.0 Å². The Morgan fingerprint density at radius 2 is 2.00 bits per heavy atom. The summed E-state index contributed by atoms with van der Waals surface area (Å²) in [6.45, 7) is 8.98. The molecule has 0 fully saturated rings. The van der Waals surface area contributed by atoms with Gasteiger partial charge in [-0.05, 0) is 52.3 Å². The van der Waals surface area contributed by atoms with Gasteiger partial charge in [0.1, 0.15) is 11.3 Å². The number of aryl methyl sites for hydroxylation is 1. The van der Waals surface area contributed by atoms with E-state index in [0.29, 0.717) is 40.0 Å². The first-order chi connectivity index (χ1) is 12.1. The molecule has 3 aromatic rings. The molecule has 2 heterocycles. The van der Waals surface area contributed by atoms with Gasteiger partial charge in [0.05, 0.1) is 35.4 Å². The van der Waals surface area contributed by atoms with E-state index >= 15 is 0 Å². The number of hydrogen-bond donors (Lipinski definition) is 2. The summed E-state index contributed by atoms with van der Waals surface area (Å²) in [5.74, 6) is 0.426. The Labute approximate surface area is 151 Å². The molecule has 0 aliphatic rings. The van der Waals surface area contributed by atoms with Gasteiger partial charge in [0.15, 0.2) is 5.43 Å². The Bertz CT molecular complexity index is 1020. The normalized spacial score (nSPS) is 13.3. The summed E-state index contributed by atoms with van der Waals surface area (Å²) in [4.78, 5) is 12.9. The van der Waals surface area contributed by atoms with E-state index in [1.54, 1.807) is 50.8 Å². The van der Waals surface area contributed by atoms with E-state index in [1.165, 1.54) is 0 Å². The standard InChI is InChI=1S/C20H24N2O4/c1-11-6-15(13(3)23)19-16(7-11)17(24)12(2)18(26-19)14-8-21-22(9-14)10-20(4,5)25/h6-9,13,23,25H,10H2,1-5H3/t13-/m1/s1. The number of fused-ring (bicyclic) bond motifs is 1. The first kappa shape index (κ1) is 18.4. The Morgan fingerprint density at radius 3 is 2.62 bits per heavy atom. The fourth-order valence-electron chi connectivity index (χ4n) is 3.12. The highest BCUT2D eigenvalue weighted by atomic mass is 16.3. The molecule has 138 valence electrons. The molecule has 0 aliphatic carbocycles. The van der Waals surface area contributed by atoms with Gasteiger partial charge >= 0.3 is 0 Å². The summed E-state index contributed by atoms with van der Waals surface area (Å²) >= 11 is 0. The summed E-state index contributed by atoms with van der Waals surface area (Å²) < 4.78 is 7.69. The average molecular weight is 356 g/mol. The predicted octanol–water partition coefficient (Wildman–Crippen LogP) is 3.10. The van der Waals surface area contributed by atoms with E-state index in [9.17, 15) is 15.0 Å². The lowest BCUT2D eigenvalue weighted by Crippen LogP contribution is -2.26. The van der Waals surface area contributed by atoms with Crippen molar-refractivity contribution in [1.82, 2.24) is 9.78 Å². The van der Waals surface area contributed by atoms with Gasteiger partial charge in [-0.15, -0.1) is 0 Å². The van der Waals surface area contributed by atoms with Crippen LogP contribution in [0.25, 0.3) is 22.3 Å². The zero-order valence-electron chi connectivity index (χ0n) is 15.7. The summed E-state index contributed by atoms with van der Waals surface area (Å²) in [5.41, 5.74) is 1.99. The van der Waals surface area contributed by atoms with Gasteiger partial charge in [0, 0.05) is 17.3 Å². The lowest BCUT2D eigenvalue weighted by atomic mass is 10.0. The number of rotatable bonds is 4. The Hall–Kier alpha value is -2.44. The van der Waals surface area contributed by atoms with Crippen LogP contribution in [0.5, 0.6) is 0 Å². The van der Waals surface area contributed by atoms with Crippen molar-refractivity contribution in [3.63, 3.8) is 0 Å². The number of benzene rings is 1. The molecule has 26 heavy (non-hydrogen) atoms. The van der Waals surface area contributed by atoms with Crippen LogP contribution in [0.15, 0.2) is 33.7 Å². The highest BCUT2D eigenvalue weighted by Gasteiger charge is 2.20. The second-order valence-electron chi connectivity index (χ2n) is 7.53. The van der Waals surface area contributed by atoms with Gasteiger partial charge in [-0.25, -0.2) is 0 Å². The molecule has 2 N–H and O–H groups in total. The second-order valence-corrected chi connectivity index (χ2v) is 7.53. The first-order valence-electron chi connectivity index (χ1n) is 8.58. The van der Waals surface area contributed by atoms with Crippen LogP contribution in [0.3, 0.4) is 0 Å². The molecule has 6 heteroatoms. The Morgan fingerprint density at radius 1 is 1.31 bits per heavy atom. The van der Waals surface area contributed by atoms with Gasteiger partial charge in [0.2, 0.25) is 0 Å². The molecule has 0 saturated carbocycles. The number of hydrogen-bond acceptors (Lipinski definition) is 5. The van der Waals surface area contributed by atoms with Crippen molar-refractivity contribution in [3.05, 3.63) is 51.4 Å². The lowest BCUT2D eigenvalue weighted by Gasteiger charge is -2.16. The fraction of sp³-hybridized carbons (Fsp3) is 0.400. The largest absolute Gasteiger partial charge is 0.455 e. The molecule has 0 saturated heterocycles. The van der Waals surface area contributed by atoms with E-state index < -0.39 is 11.7 Å². The van der Waals surface area contributed by atoms with E-state index in [4.69, 9.17) is 4.42 Å². The minimum Gasteiger partial charge on any atom is -0.455 e. The van der Waals surface area contributed by atoms with Gasteiger partial charge < -0.3 is 14.6 Å². The van der Waals surface area contributed by atoms with Crippen LogP contribution in [-0.4, -0.2) is 25.6 Å². The average Bonchev–Trinajstić information content (AvgIpc) is 2.96. The third-order valence-electron chi connectivity index (χ3n) is 4.29. The van der Waals surface area contributed by atoms with Crippen molar-refractivity contribution in [1.29, 1.82) is 0 Å². The molecule has 1 aromatic carbocycles. The van der Waals surface area contributed by atoms with Crippen LogP contribution >= 0.6 is 0 Å². The summed E-state index contributed by atoms with van der Waals surface area (Å²) in [6, 6.07) is 3.61. The Kier molecular flexibility index (Phi) is 4.50. The summed E-state index contributed by atoms with van der Waals surface area (Å²) in [6.07, 6.45) is 2.60. The van der Waals surface area contributed by atoms with Gasteiger partial charge in [0.25, 0.3) is 0 Å². The number of aromatic nitrogens is 2. The van der Waals surface area contributed by atoms with Crippen molar-refractivity contribution in [2.75, 3.05) is 0 Å². The molecule has 3 rings (SSSR count). The minimum absolute atomic E-state index is 0.123. The highest BCUT2D eigenvalue weighted by Crippen LogP contribution is 2.30. The number of aliphatic hydroxyl groups excluding tert-OH is 1. The smallest absolute Gasteiger partial charge is 0.196 e. The molecule has 0 unspecified atom stereocenters. The van der Waals surface area contributed by atoms with Crippen molar-refractivity contribution in [2.24, 2.45) is 0 Å². The molecule has 2 aromatic heterocycles. The van der Waals surface area contributed by atoms with Crippen LogP contribution in [0, 0.1) is 13.8 Å². The molecule has 0 aliphatic heterocycles. The predicted molar refractivity (Wildman–Crippen MR) is 100 cm³/mol. The Balaban J connectivity index is 2.22. The van der Waals surface area contributed by atoms with Crippen LogP contribution in [0.4, 0.5) is 0 Å². The van der Waals surface area contributed by atoms with Crippen molar-refractivity contribution < 1.29 is 14.6 Å². The zero-order chi connectivity index (χ0) is 19.2. The molecular formula is C20H24N2O4. The third kappa shape index (κ3) is 3.43. The molecule has 0 spiro atoms. The lowest BCUT2D eigenvalue weighted by molar-refractivity contribution is 0.0577. The fourth-order valence-corrected chi connectivity index (χ4v) is 3.12. The van der Waals surface area contributed by atoms with E-state index in [2.05, 4.69) is 5.10 Å². The molecule has 1 atom stereocenters. The molecule has 0 radical (unpaired) electrons. The van der Waals surface area contributed by atoms with E-state index in [0.717, 1.165) is 5.56 Å². The maximum Gasteiger partial charge on any atom is 0.196 e. The zero-order valence-corrected chi connectivity index (χ0v) is 15.7. The minimum atomic E-state index is -0.903. The van der Waals surface area contributed by atoms with Crippen molar-refractivity contribution in [3.8, 4) is 11.3 Å². The molecular weight excluding hydrogens is 332 g/mol. The van der Waals surface area contributed by atoms with Crippen LogP contribution in [0.2, 0.25) is 0 Å². The second kappa shape index (κ2) is 6.37. The molecule has 0 amide bonds. The maximum absolute atomic E-state index is 12.9. The van der Waals surface area contributed by atoms with E-state index in [1.807, 2.05) is 13.0 Å². The van der Waals surface area contributed by atoms with Crippen LogP contribution in [0.1, 0.15) is 43.6 Å². The monoisotopic (exact) mass is 356 g/mol. The molecule has 6 nitrogen and oxygen atoms in total. The van der Waals surface area contributed by atoms with Gasteiger partial charge in [-0.3, -0.25) is 9.48 Å². The van der Waals surface area contributed by atoms with Crippen LogP contribution < -0.4 is 5.43 Å². The van der Waals surface area contributed by atoms with Gasteiger partial charge in [-0.1, -0.05) is 0 Å². The van der Waals surface area contributed by atoms with Gasteiger partial charge in [-0.2, -0.15) is 5.10 Å². The number of aliphatic hydroxyl groups is 2. The first-order valence-corrected chi connectivity index (χ1v) is 8.58. The highest BCUT2D eigenvalue weighted by molar-refractivity contribution is 5.84. The van der Waals surface area contributed by atoms with Crippen molar-refractivity contribution in [2.45, 2.75) is 52.9 Å². The van der Waals surface area contributed by atoms with E-state index in [-0.39, 0.29) is 5.43 Å². The SMILES string of the molecule is Cc1cc([C@@H](C)O)c2oc(-c3cnn(CC(C)(C)O)c3)c(C)c(=O)c2c1. The number of nitrogens with zero attached hydrogens (tertiary/aromatic N) is 2. The quantitative estimate of drug-likeness (QED) is 0.750. The summed E-state index contributed by atoms with van der Waals surface area (Å²) in [7, 11) is 0. The maximum atomic E-state index is 12.9. The topological polar surface area (TPSA) is 88.5 Å². The summed E-state index contributed by atoms with van der Waals surface area (Å²) in [5, 5.41) is 24.8.